The molecule has 0 unspecified atom stereocenters. The van der Waals surface area contributed by atoms with E-state index in [1.54, 1.807) is 0 Å². The van der Waals surface area contributed by atoms with E-state index in [2.05, 4.69) is 23.5 Å². The molecule has 6 heteroatoms. The molecule has 14 heavy (non-hydrogen) atoms. The van der Waals surface area contributed by atoms with E-state index in [9.17, 15) is 13.2 Å². The van der Waals surface area contributed by atoms with Crippen LogP contribution in [0.1, 0.15) is 5.56 Å². The minimum atomic E-state index is -4.34. The van der Waals surface area contributed by atoms with E-state index in [0.29, 0.717) is 4.90 Å². The van der Waals surface area contributed by atoms with Crippen molar-refractivity contribution in [2.75, 3.05) is 0 Å². The second-order valence-electron chi connectivity index (χ2n) is 3.04. The molecule has 0 saturated carbocycles. The van der Waals surface area contributed by atoms with Crippen molar-refractivity contribution in [3.05, 3.63) is 29.8 Å². The summed E-state index contributed by atoms with van der Waals surface area (Å²) in [4.78, 5) is 0.631. The van der Waals surface area contributed by atoms with Gasteiger partial charge in [-0.1, -0.05) is 12.1 Å². The van der Waals surface area contributed by atoms with Gasteiger partial charge in [-0.15, -0.1) is 12.6 Å². The first-order valence-corrected chi connectivity index (χ1v) is 4.31. The van der Waals surface area contributed by atoms with Crippen LogP contribution in [-0.2, 0) is 5.66 Å². The number of rotatable bonds is 1. The van der Waals surface area contributed by atoms with Gasteiger partial charge < -0.3 is 0 Å². The Morgan fingerprint density at radius 1 is 1.07 bits per heavy atom. The molecule has 2 N–H and O–H groups in total. The molecule has 0 aromatic heterocycles. The largest absolute Gasteiger partial charge is 0.426 e. The lowest BCUT2D eigenvalue weighted by atomic mass is 10.0. The molecule has 2 rings (SSSR count). The summed E-state index contributed by atoms with van der Waals surface area (Å²) >= 11 is 4.00. The maximum atomic E-state index is 12.5. The SMILES string of the molecule is FC(F)(F)C1(c2ccc(S)cc2)NN1. The van der Waals surface area contributed by atoms with Crippen molar-refractivity contribution in [1.29, 1.82) is 0 Å². The van der Waals surface area contributed by atoms with Crippen molar-refractivity contribution >= 4 is 12.6 Å². The minimum Gasteiger partial charge on any atom is -0.223 e. The Morgan fingerprint density at radius 3 is 1.93 bits per heavy atom. The van der Waals surface area contributed by atoms with E-state index in [4.69, 9.17) is 0 Å². The van der Waals surface area contributed by atoms with Gasteiger partial charge in [0.1, 0.15) is 0 Å². The molecule has 76 valence electrons. The van der Waals surface area contributed by atoms with Gasteiger partial charge in [-0.05, 0) is 17.7 Å². The molecule has 0 radical (unpaired) electrons. The Kier molecular flexibility index (Phi) is 2.02. The number of hydrogen-bond acceptors (Lipinski definition) is 3. The molecule has 0 amide bonds. The van der Waals surface area contributed by atoms with Gasteiger partial charge in [0, 0.05) is 4.90 Å². The van der Waals surface area contributed by atoms with Crippen molar-refractivity contribution in [3.8, 4) is 0 Å². The zero-order valence-corrected chi connectivity index (χ0v) is 7.78. The van der Waals surface area contributed by atoms with Crippen LogP contribution in [0.3, 0.4) is 0 Å². The summed E-state index contributed by atoms with van der Waals surface area (Å²) < 4.78 is 37.6. The van der Waals surface area contributed by atoms with Crippen LogP contribution in [0.2, 0.25) is 0 Å². The normalized spacial score (nSPS) is 19.4. The summed E-state index contributed by atoms with van der Waals surface area (Å²) in [5, 5.41) is 0. The maximum Gasteiger partial charge on any atom is 0.426 e. The lowest BCUT2D eigenvalue weighted by molar-refractivity contribution is -0.165. The quantitative estimate of drug-likeness (QED) is 0.499. The first kappa shape index (κ1) is 9.82. The highest BCUT2D eigenvalue weighted by atomic mass is 32.1. The molecule has 1 aromatic carbocycles. The highest BCUT2D eigenvalue weighted by Crippen LogP contribution is 2.42. The first-order valence-electron chi connectivity index (χ1n) is 3.86. The second-order valence-corrected chi connectivity index (χ2v) is 3.56. The Morgan fingerprint density at radius 2 is 1.57 bits per heavy atom. The van der Waals surface area contributed by atoms with Crippen LogP contribution in [0.25, 0.3) is 0 Å². The van der Waals surface area contributed by atoms with Gasteiger partial charge in [-0.2, -0.15) is 13.2 Å². The number of halogens is 3. The average molecular weight is 220 g/mol. The van der Waals surface area contributed by atoms with Gasteiger partial charge >= 0.3 is 6.18 Å². The molecule has 0 aliphatic carbocycles. The lowest BCUT2D eigenvalue weighted by Crippen LogP contribution is -2.34. The molecule has 1 aliphatic rings. The molecule has 0 bridgehead atoms. The van der Waals surface area contributed by atoms with Crippen LogP contribution in [0.5, 0.6) is 0 Å². The summed E-state index contributed by atoms with van der Waals surface area (Å²) in [6.45, 7) is 0. The first-order chi connectivity index (χ1) is 6.46. The molecule has 1 aromatic rings. The van der Waals surface area contributed by atoms with Crippen LogP contribution >= 0.6 is 12.6 Å². The third-order valence-electron chi connectivity index (χ3n) is 2.10. The second kappa shape index (κ2) is 2.88. The number of benzene rings is 1. The molecule has 0 atom stereocenters. The predicted octanol–water partition coefficient (Wildman–Crippen LogP) is 1.80. The molecule has 1 aliphatic heterocycles. The summed E-state index contributed by atoms with van der Waals surface area (Å²) in [7, 11) is 0. The van der Waals surface area contributed by atoms with Gasteiger partial charge in [0.2, 0.25) is 5.66 Å². The number of hydrazine groups is 1. The summed E-state index contributed by atoms with van der Waals surface area (Å²) in [5.41, 5.74) is 2.33. The number of hydrogen-bond donors (Lipinski definition) is 3. The number of alkyl halides is 3. The van der Waals surface area contributed by atoms with E-state index in [1.807, 2.05) is 0 Å². The smallest absolute Gasteiger partial charge is 0.223 e. The van der Waals surface area contributed by atoms with E-state index < -0.39 is 11.8 Å². The third kappa shape index (κ3) is 1.39. The van der Waals surface area contributed by atoms with Gasteiger partial charge in [0.25, 0.3) is 0 Å². The van der Waals surface area contributed by atoms with Crippen molar-refractivity contribution in [2.45, 2.75) is 16.7 Å². The lowest BCUT2D eigenvalue weighted by Gasteiger charge is -2.15. The van der Waals surface area contributed by atoms with E-state index in [0.717, 1.165) is 0 Å². The minimum absolute atomic E-state index is 0.141. The average Bonchev–Trinajstić information content (AvgIpc) is 2.84. The van der Waals surface area contributed by atoms with E-state index in [-0.39, 0.29) is 5.56 Å². The monoisotopic (exact) mass is 220 g/mol. The topological polar surface area (TPSA) is 43.9 Å². The van der Waals surface area contributed by atoms with Crippen LogP contribution in [-0.4, -0.2) is 6.18 Å². The van der Waals surface area contributed by atoms with Crippen molar-refractivity contribution in [1.82, 2.24) is 10.9 Å². The zero-order chi connectivity index (χ0) is 10.4. The van der Waals surface area contributed by atoms with Crippen molar-refractivity contribution in [3.63, 3.8) is 0 Å². The summed E-state index contributed by atoms with van der Waals surface area (Å²) in [5.74, 6) is 0. The Hall–Kier alpha value is -0.720. The van der Waals surface area contributed by atoms with Gasteiger partial charge in [0.05, 0.1) is 0 Å². The van der Waals surface area contributed by atoms with Gasteiger partial charge in [-0.25, -0.2) is 10.9 Å². The molecular formula is C8H7F3N2S. The molecule has 1 heterocycles. The summed E-state index contributed by atoms with van der Waals surface area (Å²) in [6.07, 6.45) is -4.34. The fourth-order valence-corrected chi connectivity index (χ4v) is 1.37. The van der Waals surface area contributed by atoms with Crippen LogP contribution in [0.15, 0.2) is 29.2 Å². The molecule has 1 saturated heterocycles. The molecule has 0 spiro atoms. The van der Waals surface area contributed by atoms with E-state index in [1.165, 1.54) is 24.3 Å². The Balaban J connectivity index is 2.36. The van der Waals surface area contributed by atoms with Crippen LogP contribution < -0.4 is 10.9 Å². The highest BCUT2D eigenvalue weighted by Gasteiger charge is 2.65. The highest BCUT2D eigenvalue weighted by molar-refractivity contribution is 7.80. The van der Waals surface area contributed by atoms with Gasteiger partial charge in [-0.3, -0.25) is 0 Å². The molecule has 2 nitrogen and oxygen atoms in total. The number of nitrogens with one attached hydrogen (secondary N) is 2. The fourth-order valence-electron chi connectivity index (χ4n) is 1.22. The molecular weight excluding hydrogens is 213 g/mol. The maximum absolute atomic E-state index is 12.5. The van der Waals surface area contributed by atoms with E-state index >= 15 is 0 Å². The van der Waals surface area contributed by atoms with Crippen LogP contribution in [0, 0.1) is 0 Å². The molecule has 1 fully saturated rings. The van der Waals surface area contributed by atoms with Gasteiger partial charge in [0.15, 0.2) is 0 Å². The fraction of sp³-hybridized carbons (Fsp3) is 0.250. The number of thiol groups is 1. The zero-order valence-electron chi connectivity index (χ0n) is 6.89. The summed E-state index contributed by atoms with van der Waals surface area (Å²) in [6, 6.07) is 5.83. The third-order valence-corrected chi connectivity index (χ3v) is 2.40. The Labute approximate surface area is 83.9 Å². The standard InChI is InChI=1S/C8H7F3N2S/c9-8(10,11)7(12-13-7)5-1-3-6(14)4-2-5/h1-4,12-14H. The predicted molar refractivity (Wildman–Crippen MR) is 47.7 cm³/mol. The van der Waals surface area contributed by atoms with Crippen molar-refractivity contribution < 1.29 is 13.2 Å². The van der Waals surface area contributed by atoms with Crippen LogP contribution in [0.4, 0.5) is 13.2 Å². The van der Waals surface area contributed by atoms with Crippen molar-refractivity contribution in [2.24, 2.45) is 0 Å². The Bertz CT molecular complexity index is 343.